The minimum absolute atomic E-state index is 0.0309. The van der Waals surface area contributed by atoms with Gasteiger partial charge in [-0.25, -0.2) is 9.37 Å². The number of hydrazine groups is 1. The molecule has 7 nitrogen and oxygen atoms in total. The number of hydrogen-bond donors (Lipinski definition) is 2. The number of carbonyl (C=O) groups is 2. The summed E-state index contributed by atoms with van der Waals surface area (Å²) in [4.78, 5) is 29.0. The van der Waals surface area contributed by atoms with Crippen molar-refractivity contribution in [1.82, 2.24) is 20.4 Å². The largest absolute Gasteiger partial charge is 0.497 e. The topological polar surface area (TPSA) is 85.2 Å². The van der Waals surface area contributed by atoms with Gasteiger partial charge in [-0.3, -0.25) is 25.0 Å². The van der Waals surface area contributed by atoms with Crippen molar-refractivity contribution in [3.8, 4) is 11.4 Å². The molecule has 0 fully saturated rings. The molecule has 0 aliphatic carbocycles. The number of nitrogens with zero attached hydrogens (tertiary/aromatic N) is 2. The molecule has 0 saturated carbocycles. The van der Waals surface area contributed by atoms with Gasteiger partial charge in [0.2, 0.25) is 5.91 Å². The van der Waals surface area contributed by atoms with Crippen molar-refractivity contribution in [1.29, 1.82) is 0 Å². The third-order valence-electron chi connectivity index (χ3n) is 4.61. The summed E-state index contributed by atoms with van der Waals surface area (Å²) in [6.45, 7) is 0. The van der Waals surface area contributed by atoms with E-state index in [1.54, 1.807) is 7.11 Å². The molecular weight excluding hydrogens is 431 g/mol. The number of carbonyl (C=O) groups excluding carboxylic acids is 2. The highest BCUT2D eigenvalue weighted by Gasteiger charge is 2.15. The van der Waals surface area contributed by atoms with Gasteiger partial charge < -0.3 is 4.74 Å². The second-order valence-electron chi connectivity index (χ2n) is 6.71. The van der Waals surface area contributed by atoms with E-state index in [2.05, 4.69) is 15.8 Å². The summed E-state index contributed by atoms with van der Waals surface area (Å²) >= 11 is 1.24. The third-order valence-corrected chi connectivity index (χ3v) is 5.55. The molecule has 0 unspecified atom stereocenters. The number of nitrogens with one attached hydrogen (secondary N) is 2. The molecule has 2 N–H and O–H groups in total. The average molecular weight is 450 g/mol. The second kappa shape index (κ2) is 9.52. The molecule has 0 aliphatic rings. The molecule has 0 saturated heterocycles. The molecule has 9 heteroatoms. The van der Waals surface area contributed by atoms with Crippen LogP contribution < -0.4 is 15.6 Å². The highest BCUT2D eigenvalue weighted by Crippen LogP contribution is 2.28. The van der Waals surface area contributed by atoms with Crippen molar-refractivity contribution in [2.24, 2.45) is 0 Å². The van der Waals surface area contributed by atoms with Gasteiger partial charge in [0, 0.05) is 11.3 Å². The van der Waals surface area contributed by atoms with E-state index in [0.29, 0.717) is 5.16 Å². The Labute approximate surface area is 187 Å². The first kappa shape index (κ1) is 21.4. The number of methoxy groups -OCH3 is 1. The van der Waals surface area contributed by atoms with Crippen LogP contribution in [0.3, 0.4) is 0 Å². The molecule has 2 amide bonds. The van der Waals surface area contributed by atoms with Gasteiger partial charge in [-0.1, -0.05) is 23.9 Å². The highest BCUT2D eigenvalue weighted by atomic mass is 32.2. The Bertz CT molecular complexity index is 1260. The Kier molecular flexibility index (Phi) is 6.37. The fourth-order valence-corrected chi connectivity index (χ4v) is 3.88. The molecule has 0 spiro atoms. The van der Waals surface area contributed by atoms with E-state index in [0.717, 1.165) is 22.5 Å². The number of thioether (sulfide) groups is 1. The fraction of sp³-hybridized carbons (Fsp3) is 0.0870. The zero-order chi connectivity index (χ0) is 22.5. The quantitative estimate of drug-likeness (QED) is 0.345. The number of ether oxygens (including phenoxy) is 1. The van der Waals surface area contributed by atoms with Crippen molar-refractivity contribution in [2.45, 2.75) is 5.16 Å². The number of amides is 2. The van der Waals surface area contributed by atoms with Crippen LogP contribution in [0.4, 0.5) is 4.39 Å². The highest BCUT2D eigenvalue weighted by molar-refractivity contribution is 7.99. The van der Waals surface area contributed by atoms with Gasteiger partial charge in [0.1, 0.15) is 11.6 Å². The normalized spacial score (nSPS) is 10.7. The van der Waals surface area contributed by atoms with Gasteiger partial charge in [0.15, 0.2) is 5.16 Å². The van der Waals surface area contributed by atoms with Gasteiger partial charge in [-0.05, 0) is 60.7 Å². The van der Waals surface area contributed by atoms with Crippen LogP contribution in [0.25, 0.3) is 16.7 Å². The number of aromatic nitrogens is 2. The maximum Gasteiger partial charge on any atom is 0.269 e. The molecule has 1 heterocycles. The van der Waals surface area contributed by atoms with Crippen LogP contribution in [-0.2, 0) is 4.79 Å². The molecule has 1 aromatic heterocycles. The second-order valence-corrected chi connectivity index (χ2v) is 7.66. The van der Waals surface area contributed by atoms with Gasteiger partial charge >= 0.3 is 0 Å². The first-order valence-corrected chi connectivity index (χ1v) is 10.6. The van der Waals surface area contributed by atoms with Crippen LogP contribution >= 0.6 is 11.8 Å². The first-order valence-electron chi connectivity index (χ1n) is 9.64. The van der Waals surface area contributed by atoms with Crippen LogP contribution in [0.5, 0.6) is 5.75 Å². The summed E-state index contributed by atoms with van der Waals surface area (Å²) in [5, 5.41) is 0.636. The number of hydrogen-bond acceptors (Lipinski definition) is 5. The van der Waals surface area contributed by atoms with E-state index in [1.165, 1.54) is 36.0 Å². The lowest BCUT2D eigenvalue weighted by Gasteiger charge is -2.10. The maximum atomic E-state index is 13.0. The molecule has 0 atom stereocenters. The lowest BCUT2D eigenvalue weighted by Crippen LogP contribution is -2.42. The van der Waals surface area contributed by atoms with E-state index >= 15 is 0 Å². The van der Waals surface area contributed by atoms with Crippen molar-refractivity contribution >= 4 is 34.6 Å². The monoisotopic (exact) mass is 450 g/mol. The zero-order valence-electron chi connectivity index (χ0n) is 17.0. The minimum Gasteiger partial charge on any atom is -0.497 e. The van der Waals surface area contributed by atoms with Crippen LogP contribution in [0.15, 0.2) is 78.0 Å². The van der Waals surface area contributed by atoms with Crippen molar-refractivity contribution in [3.63, 3.8) is 0 Å². The van der Waals surface area contributed by atoms with Crippen LogP contribution in [0, 0.1) is 5.82 Å². The van der Waals surface area contributed by atoms with Gasteiger partial charge in [0.25, 0.3) is 5.91 Å². The third kappa shape index (κ3) is 4.73. The average Bonchev–Trinajstić information content (AvgIpc) is 3.20. The summed E-state index contributed by atoms with van der Waals surface area (Å²) in [7, 11) is 1.61. The minimum atomic E-state index is -0.533. The number of rotatable bonds is 6. The number of benzene rings is 3. The standard InChI is InChI=1S/C23H19FN4O3S/c1-31-18-12-10-17(11-13-18)28-20-5-3-2-4-19(20)25-23(28)32-14-21(29)26-27-22(30)15-6-8-16(24)9-7-15/h2-13H,14H2,1H3,(H,26,29)(H,27,30). The maximum absolute atomic E-state index is 13.0. The van der Waals surface area contributed by atoms with Crippen molar-refractivity contribution < 1.29 is 18.7 Å². The van der Waals surface area contributed by atoms with Crippen LogP contribution in [0.2, 0.25) is 0 Å². The fourth-order valence-electron chi connectivity index (χ4n) is 3.05. The smallest absolute Gasteiger partial charge is 0.269 e. The van der Waals surface area contributed by atoms with Crippen molar-refractivity contribution in [3.05, 3.63) is 84.2 Å². The molecule has 4 rings (SSSR count). The Morgan fingerprint density at radius 2 is 1.72 bits per heavy atom. The molecule has 32 heavy (non-hydrogen) atoms. The summed E-state index contributed by atoms with van der Waals surface area (Å²) < 4.78 is 20.2. The lowest BCUT2D eigenvalue weighted by molar-refractivity contribution is -0.119. The zero-order valence-corrected chi connectivity index (χ0v) is 17.9. The molecule has 162 valence electrons. The van der Waals surface area contributed by atoms with Gasteiger partial charge in [-0.2, -0.15) is 0 Å². The number of imidazole rings is 1. The molecule has 4 aromatic rings. The predicted octanol–water partition coefficient (Wildman–Crippen LogP) is 3.73. The SMILES string of the molecule is COc1ccc(-n2c(SCC(=O)NNC(=O)c3ccc(F)cc3)nc3ccccc32)cc1. The van der Waals surface area contributed by atoms with Gasteiger partial charge in [0.05, 0.1) is 23.9 Å². The lowest BCUT2D eigenvalue weighted by atomic mass is 10.2. The van der Waals surface area contributed by atoms with Crippen LogP contribution in [-0.4, -0.2) is 34.2 Å². The van der Waals surface area contributed by atoms with E-state index in [9.17, 15) is 14.0 Å². The first-order chi connectivity index (χ1) is 15.5. The molecule has 0 aliphatic heterocycles. The number of para-hydroxylation sites is 2. The summed E-state index contributed by atoms with van der Waals surface area (Å²) in [5.41, 5.74) is 7.52. The van der Waals surface area contributed by atoms with E-state index < -0.39 is 17.6 Å². The molecule has 0 radical (unpaired) electrons. The van der Waals surface area contributed by atoms with E-state index in [4.69, 9.17) is 4.74 Å². The van der Waals surface area contributed by atoms with Crippen molar-refractivity contribution in [2.75, 3.05) is 12.9 Å². The van der Waals surface area contributed by atoms with E-state index in [1.807, 2.05) is 53.1 Å². The van der Waals surface area contributed by atoms with Gasteiger partial charge in [-0.15, -0.1) is 0 Å². The van der Waals surface area contributed by atoms with Crippen LogP contribution in [0.1, 0.15) is 10.4 Å². The number of fused-ring (bicyclic) bond motifs is 1. The predicted molar refractivity (Wildman–Crippen MR) is 120 cm³/mol. The number of halogens is 1. The Hall–Kier alpha value is -3.85. The van der Waals surface area contributed by atoms with E-state index in [-0.39, 0.29) is 11.3 Å². The Morgan fingerprint density at radius 3 is 2.44 bits per heavy atom. The Balaban J connectivity index is 1.46. The Morgan fingerprint density at radius 1 is 1.00 bits per heavy atom. The molecule has 3 aromatic carbocycles. The molecule has 0 bridgehead atoms. The summed E-state index contributed by atoms with van der Waals surface area (Å²) in [6.07, 6.45) is 0. The summed E-state index contributed by atoms with van der Waals surface area (Å²) in [5.74, 6) is -0.610. The summed E-state index contributed by atoms with van der Waals surface area (Å²) in [6, 6.07) is 20.3. The molecular formula is C23H19FN4O3S.